The second-order valence-corrected chi connectivity index (χ2v) is 6.97. The Hall–Kier alpha value is -3.42. The third-order valence-corrected chi connectivity index (χ3v) is 4.30. The molecule has 0 fully saturated rings. The Morgan fingerprint density at radius 3 is 2.24 bits per heavy atom. The summed E-state index contributed by atoms with van der Waals surface area (Å²) < 4.78 is 0. The number of nitro benzene ring substituents is 1. The van der Waals surface area contributed by atoms with Crippen LogP contribution in [0.25, 0.3) is 0 Å². The Balaban J connectivity index is 1.78. The number of non-ortho nitro benzene ring substituents is 1. The fourth-order valence-electron chi connectivity index (χ4n) is 2.74. The molecule has 2 aromatic carbocycles. The van der Waals surface area contributed by atoms with Crippen LogP contribution in [0.3, 0.4) is 0 Å². The van der Waals surface area contributed by atoms with Crippen molar-refractivity contribution in [2.24, 2.45) is 5.92 Å². The van der Waals surface area contributed by atoms with Crippen LogP contribution in [0, 0.1) is 16.0 Å². The fourth-order valence-corrected chi connectivity index (χ4v) is 2.74. The molecule has 1 unspecified atom stereocenters. The summed E-state index contributed by atoms with van der Waals surface area (Å²) in [5.74, 6) is -0.502. The van der Waals surface area contributed by atoms with E-state index in [0.717, 1.165) is 11.3 Å². The number of hydrogen-bond donors (Lipinski definition) is 3. The van der Waals surface area contributed by atoms with Gasteiger partial charge in [-0.25, -0.2) is 0 Å². The molecule has 1 atom stereocenters. The number of nitro groups is 1. The van der Waals surface area contributed by atoms with Crippen LogP contribution >= 0.6 is 0 Å². The van der Waals surface area contributed by atoms with E-state index >= 15 is 0 Å². The van der Waals surface area contributed by atoms with Crippen molar-refractivity contribution < 1.29 is 14.5 Å². The quantitative estimate of drug-likeness (QED) is 0.323. The summed E-state index contributed by atoms with van der Waals surface area (Å²) in [5, 5.41) is 19.3. The van der Waals surface area contributed by atoms with Crippen molar-refractivity contribution in [1.29, 1.82) is 0 Å². The molecular formula is C21H26N4O4. The predicted octanol–water partition coefficient (Wildman–Crippen LogP) is 2.51. The maximum absolute atomic E-state index is 12.5. The second-order valence-electron chi connectivity index (χ2n) is 6.97. The zero-order valence-corrected chi connectivity index (χ0v) is 16.6. The molecule has 0 saturated heterocycles. The van der Waals surface area contributed by atoms with E-state index in [4.69, 9.17) is 0 Å². The number of rotatable bonds is 10. The van der Waals surface area contributed by atoms with E-state index in [9.17, 15) is 19.7 Å². The Morgan fingerprint density at radius 1 is 1.00 bits per heavy atom. The van der Waals surface area contributed by atoms with Gasteiger partial charge in [-0.1, -0.05) is 44.2 Å². The van der Waals surface area contributed by atoms with Crippen molar-refractivity contribution in [3.05, 3.63) is 70.3 Å². The Morgan fingerprint density at radius 2 is 1.66 bits per heavy atom. The number of carbonyl (C=O) groups excluding carboxylic acids is 2. The highest BCUT2D eigenvalue weighted by Crippen LogP contribution is 2.14. The van der Waals surface area contributed by atoms with Crippen molar-refractivity contribution in [3.8, 4) is 0 Å². The van der Waals surface area contributed by atoms with Crippen molar-refractivity contribution >= 4 is 23.2 Å². The molecule has 2 rings (SSSR count). The normalized spacial score (nSPS) is 11.6. The van der Waals surface area contributed by atoms with Crippen LogP contribution in [0.2, 0.25) is 0 Å². The van der Waals surface area contributed by atoms with E-state index in [-0.39, 0.29) is 29.8 Å². The molecule has 2 aromatic rings. The van der Waals surface area contributed by atoms with Crippen molar-refractivity contribution in [3.63, 3.8) is 0 Å². The molecule has 0 heterocycles. The lowest BCUT2D eigenvalue weighted by Gasteiger charge is -2.22. The minimum Gasteiger partial charge on any atom is -0.383 e. The van der Waals surface area contributed by atoms with Gasteiger partial charge in [0, 0.05) is 30.9 Å². The summed E-state index contributed by atoms with van der Waals surface area (Å²) in [5.41, 5.74) is 1.64. The fraction of sp³-hybridized carbons (Fsp3) is 0.333. The second kappa shape index (κ2) is 10.8. The number of anilines is 1. The minimum absolute atomic E-state index is 0.0230. The van der Waals surface area contributed by atoms with Crippen molar-refractivity contribution in [2.75, 3.05) is 18.4 Å². The average Bonchev–Trinajstić information content (AvgIpc) is 2.70. The SMILES string of the molecule is CC(C)C(NC(=O)Cc1ccccc1)C(=O)NCCNc1ccc([N+](=O)[O-])cc1. The first-order valence-corrected chi connectivity index (χ1v) is 9.46. The standard InChI is InChI=1S/C21H26N4O4/c1-15(2)20(24-19(26)14-16-6-4-3-5-7-16)21(27)23-13-12-22-17-8-10-18(11-9-17)25(28)29/h3-11,15,20,22H,12-14H2,1-2H3,(H,23,27)(H,24,26). The van der Waals surface area contributed by atoms with E-state index in [1.165, 1.54) is 12.1 Å². The first kappa shape index (κ1) is 21.9. The molecule has 2 amide bonds. The largest absolute Gasteiger partial charge is 0.383 e. The maximum atomic E-state index is 12.5. The molecule has 3 N–H and O–H groups in total. The first-order chi connectivity index (χ1) is 13.9. The minimum atomic E-state index is -0.620. The van der Waals surface area contributed by atoms with Crippen LogP contribution in [0.1, 0.15) is 19.4 Å². The molecule has 0 spiro atoms. The molecule has 0 saturated carbocycles. The average molecular weight is 398 g/mol. The number of nitrogens with zero attached hydrogens (tertiary/aromatic N) is 1. The molecule has 0 bridgehead atoms. The number of amides is 2. The molecule has 0 aliphatic heterocycles. The van der Waals surface area contributed by atoms with Crippen LogP contribution in [-0.2, 0) is 16.0 Å². The zero-order valence-electron chi connectivity index (χ0n) is 16.6. The number of hydrogen-bond acceptors (Lipinski definition) is 5. The van der Waals surface area contributed by atoms with Crippen LogP contribution in [0.5, 0.6) is 0 Å². The molecule has 0 aliphatic carbocycles. The number of benzene rings is 2. The lowest BCUT2D eigenvalue weighted by molar-refractivity contribution is -0.384. The van der Waals surface area contributed by atoms with Gasteiger partial charge in [-0.05, 0) is 23.6 Å². The van der Waals surface area contributed by atoms with Crippen LogP contribution in [0.4, 0.5) is 11.4 Å². The van der Waals surface area contributed by atoms with E-state index in [1.807, 2.05) is 44.2 Å². The van der Waals surface area contributed by atoms with Gasteiger partial charge in [0.05, 0.1) is 11.3 Å². The highest BCUT2D eigenvalue weighted by Gasteiger charge is 2.23. The lowest BCUT2D eigenvalue weighted by Crippen LogP contribution is -2.50. The number of nitrogens with one attached hydrogen (secondary N) is 3. The molecule has 0 aromatic heterocycles. The molecular weight excluding hydrogens is 372 g/mol. The number of carbonyl (C=O) groups is 2. The summed E-state index contributed by atoms with van der Waals surface area (Å²) in [6.45, 7) is 4.56. The summed E-state index contributed by atoms with van der Waals surface area (Å²) >= 11 is 0. The van der Waals surface area contributed by atoms with Crippen molar-refractivity contribution in [1.82, 2.24) is 10.6 Å². The molecule has 8 heteroatoms. The van der Waals surface area contributed by atoms with Crippen LogP contribution < -0.4 is 16.0 Å². The Kier molecular flexibility index (Phi) is 8.14. The van der Waals surface area contributed by atoms with Gasteiger partial charge in [0.1, 0.15) is 6.04 Å². The van der Waals surface area contributed by atoms with Gasteiger partial charge >= 0.3 is 0 Å². The van der Waals surface area contributed by atoms with E-state index in [1.54, 1.807) is 12.1 Å². The predicted molar refractivity (Wildman–Crippen MR) is 112 cm³/mol. The van der Waals surface area contributed by atoms with Gasteiger partial charge < -0.3 is 16.0 Å². The van der Waals surface area contributed by atoms with Gasteiger partial charge in [-0.2, -0.15) is 0 Å². The van der Waals surface area contributed by atoms with Gasteiger partial charge in [-0.3, -0.25) is 19.7 Å². The molecule has 8 nitrogen and oxygen atoms in total. The lowest BCUT2D eigenvalue weighted by atomic mass is 10.0. The van der Waals surface area contributed by atoms with Crippen molar-refractivity contribution in [2.45, 2.75) is 26.3 Å². The molecule has 154 valence electrons. The molecule has 0 radical (unpaired) electrons. The molecule has 0 aliphatic rings. The topological polar surface area (TPSA) is 113 Å². The Labute approximate surface area is 169 Å². The summed E-state index contributed by atoms with van der Waals surface area (Å²) in [7, 11) is 0. The van der Waals surface area contributed by atoms with Gasteiger partial charge in [0.25, 0.3) is 5.69 Å². The van der Waals surface area contributed by atoms with Gasteiger partial charge in [0.15, 0.2) is 0 Å². The zero-order chi connectivity index (χ0) is 21.2. The van der Waals surface area contributed by atoms with E-state index in [0.29, 0.717) is 13.1 Å². The smallest absolute Gasteiger partial charge is 0.269 e. The van der Waals surface area contributed by atoms with E-state index < -0.39 is 11.0 Å². The first-order valence-electron chi connectivity index (χ1n) is 9.46. The Bertz CT molecular complexity index is 822. The third kappa shape index (κ3) is 7.25. The third-order valence-electron chi connectivity index (χ3n) is 4.30. The summed E-state index contributed by atoms with van der Waals surface area (Å²) in [4.78, 5) is 34.9. The van der Waals surface area contributed by atoms with Crippen LogP contribution in [0.15, 0.2) is 54.6 Å². The highest BCUT2D eigenvalue weighted by molar-refractivity contribution is 5.88. The molecule has 29 heavy (non-hydrogen) atoms. The maximum Gasteiger partial charge on any atom is 0.269 e. The van der Waals surface area contributed by atoms with Gasteiger partial charge in [0.2, 0.25) is 11.8 Å². The summed E-state index contributed by atoms with van der Waals surface area (Å²) in [6, 6.07) is 14.8. The monoisotopic (exact) mass is 398 g/mol. The van der Waals surface area contributed by atoms with E-state index in [2.05, 4.69) is 16.0 Å². The van der Waals surface area contributed by atoms with Gasteiger partial charge in [-0.15, -0.1) is 0 Å². The summed E-state index contributed by atoms with van der Waals surface area (Å²) in [6.07, 6.45) is 0.221. The highest BCUT2D eigenvalue weighted by atomic mass is 16.6. The van der Waals surface area contributed by atoms with Crippen LogP contribution in [-0.4, -0.2) is 35.9 Å².